The zero-order valence-corrected chi connectivity index (χ0v) is 16.3. The first kappa shape index (κ1) is 17.6. The van der Waals surface area contributed by atoms with E-state index >= 15 is 0 Å². The van der Waals surface area contributed by atoms with Gasteiger partial charge in [0.05, 0.1) is 17.4 Å². The van der Waals surface area contributed by atoms with Gasteiger partial charge in [-0.15, -0.1) is 22.7 Å². The second kappa shape index (κ2) is 7.09. The zero-order valence-electron chi connectivity index (χ0n) is 14.7. The molecule has 0 aliphatic heterocycles. The number of thiophene rings is 2. The summed E-state index contributed by atoms with van der Waals surface area (Å²) < 4.78 is 6.43. The first-order valence-electron chi connectivity index (χ1n) is 8.23. The van der Waals surface area contributed by atoms with Gasteiger partial charge in [0.25, 0.3) is 5.56 Å². The van der Waals surface area contributed by atoms with E-state index in [9.17, 15) is 9.59 Å². The van der Waals surface area contributed by atoms with Gasteiger partial charge in [-0.05, 0) is 25.3 Å². The molecule has 0 unspecified atom stereocenters. The number of hydrogen-bond donors (Lipinski definition) is 1. The number of hydrogen-bond acceptors (Lipinski definition) is 7. The molecule has 0 aliphatic rings. The van der Waals surface area contributed by atoms with E-state index in [1.165, 1.54) is 22.2 Å². The summed E-state index contributed by atoms with van der Waals surface area (Å²) in [5.41, 5.74) is 2.25. The molecule has 0 radical (unpaired) electrons. The smallest absolute Gasteiger partial charge is 0.263 e. The summed E-state index contributed by atoms with van der Waals surface area (Å²) >= 11 is 3.00. The van der Waals surface area contributed by atoms with Crippen molar-refractivity contribution in [1.82, 2.24) is 20.0 Å². The van der Waals surface area contributed by atoms with Crippen molar-refractivity contribution in [1.29, 1.82) is 0 Å². The fourth-order valence-corrected chi connectivity index (χ4v) is 4.57. The Kier molecular flexibility index (Phi) is 4.63. The highest BCUT2D eigenvalue weighted by Crippen LogP contribution is 2.33. The normalized spacial score (nSPS) is 11.2. The van der Waals surface area contributed by atoms with Gasteiger partial charge < -0.3 is 9.84 Å². The average Bonchev–Trinajstić information content (AvgIpc) is 3.37. The summed E-state index contributed by atoms with van der Waals surface area (Å²) in [5.74, 6) is 0.401. The fourth-order valence-electron chi connectivity index (χ4n) is 2.85. The largest absolute Gasteiger partial charge is 0.361 e. The standard InChI is InChI=1S/C18H16N4O3S2/c1-10-12(11(2)25-21-10)6-19-15(23)7-22-9-20-17-16(18(22)24)13(8-27-17)14-4-3-5-26-14/h3-5,8-9H,6-7H2,1-2H3,(H,19,23). The van der Waals surface area contributed by atoms with Crippen molar-refractivity contribution in [2.75, 3.05) is 0 Å². The summed E-state index contributed by atoms with van der Waals surface area (Å²) in [4.78, 5) is 31.3. The van der Waals surface area contributed by atoms with E-state index < -0.39 is 0 Å². The molecule has 7 nitrogen and oxygen atoms in total. The van der Waals surface area contributed by atoms with Crippen LogP contribution >= 0.6 is 22.7 Å². The van der Waals surface area contributed by atoms with Gasteiger partial charge in [-0.1, -0.05) is 11.2 Å². The third-order valence-electron chi connectivity index (χ3n) is 4.30. The van der Waals surface area contributed by atoms with Crippen LogP contribution < -0.4 is 10.9 Å². The highest BCUT2D eigenvalue weighted by molar-refractivity contribution is 7.18. The van der Waals surface area contributed by atoms with Gasteiger partial charge in [0.2, 0.25) is 5.91 Å². The summed E-state index contributed by atoms with van der Waals surface area (Å²) in [7, 11) is 0. The molecule has 0 aromatic carbocycles. The van der Waals surface area contributed by atoms with Crippen molar-refractivity contribution in [3.05, 3.63) is 56.6 Å². The number of amides is 1. The molecule has 0 spiro atoms. The van der Waals surface area contributed by atoms with Crippen LogP contribution in [-0.4, -0.2) is 20.6 Å². The Morgan fingerprint density at radius 3 is 2.89 bits per heavy atom. The van der Waals surface area contributed by atoms with Gasteiger partial charge in [0.1, 0.15) is 17.1 Å². The molecule has 4 aromatic rings. The molecule has 0 aliphatic carbocycles. The van der Waals surface area contributed by atoms with Crippen LogP contribution in [0.25, 0.3) is 20.7 Å². The summed E-state index contributed by atoms with van der Waals surface area (Å²) in [6.07, 6.45) is 1.43. The number of aromatic nitrogens is 3. The Morgan fingerprint density at radius 1 is 1.33 bits per heavy atom. The molecule has 138 valence electrons. The second-order valence-electron chi connectivity index (χ2n) is 6.06. The first-order valence-corrected chi connectivity index (χ1v) is 9.99. The molecule has 27 heavy (non-hydrogen) atoms. The maximum absolute atomic E-state index is 12.9. The molecule has 0 saturated heterocycles. The van der Waals surface area contributed by atoms with E-state index in [2.05, 4.69) is 15.5 Å². The molecule has 0 saturated carbocycles. The highest BCUT2D eigenvalue weighted by atomic mass is 32.1. The Morgan fingerprint density at radius 2 is 2.19 bits per heavy atom. The lowest BCUT2D eigenvalue weighted by atomic mass is 10.2. The lowest BCUT2D eigenvalue weighted by molar-refractivity contribution is -0.121. The minimum Gasteiger partial charge on any atom is -0.361 e. The summed E-state index contributed by atoms with van der Waals surface area (Å²) in [6, 6.07) is 3.92. The molecule has 0 bridgehead atoms. The van der Waals surface area contributed by atoms with E-state index in [1.807, 2.05) is 29.8 Å². The molecule has 4 heterocycles. The van der Waals surface area contributed by atoms with Crippen molar-refractivity contribution in [3.63, 3.8) is 0 Å². The number of fused-ring (bicyclic) bond motifs is 1. The van der Waals surface area contributed by atoms with Crippen molar-refractivity contribution in [2.45, 2.75) is 26.9 Å². The first-order chi connectivity index (χ1) is 13.0. The van der Waals surface area contributed by atoms with Crippen LogP contribution in [0.1, 0.15) is 17.0 Å². The fraction of sp³-hybridized carbons (Fsp3) is 0.222. The number of nitrogens with one attached hydrogen (secondary N) is 1. The van der Waals surface area contributed by atoms with E-state index in [0.717, 1.165) is 21.7 Å². The predicted molar refractivity (Wildman–Crippen MR) is 105 cm³/mol. The van der Waals surface area contributed by atoms with E-state index in [0.29, 0.717) is 22.5 Å². The monoisotopic (exact) mass is 400 g/mol. The van der Waals surface area contributed by atoms with Gasteiger partial charge >= 0.3 is 0 Å². The van der Waals surface area contributed by atoms with Crippen molar-refractivity contribution in [3.8, 4) is 10.4 Å². The van der Waals surface area contributed by atoms with Crippen LogP contribution in [0.15, 0.2) is 38.5 Å². The molecule has 4 aromatic heterocycles. The molecule has 4 rings (SSSR count). The second-order valence-corrected chi connectivity index (χ2v) is 7.87. The molecule has 9 heteroatoms. The maximum atomic E-state index is 12.9. The van der Waals surface area contributed by atoms with Gasteiger partial charge in [0, 0.05) is 27.9 Å². The Labute approximate surface area is 162 Å². The third-order valence-corrected chi connectivity index (χ3v) is 6.09. The summed E-state index contributed by atoms with van der Waals surface area (Å²) in [5, 5.41) is 11.1. The summed E-state index contributed by atoms with van der Waals surface area (Å²) in [6.45, 7) is 3.84. The minimum absolute atomic E-state index is 0.0924. The van der Waals surface area contributed by atoms with Crippen LogP contribution in [0, 0.1) is 13.8 Å². The topological polar surface area (TPSA) is 90.0 Å². The molecular weight excluding hydrogens is 384 g/mol. The van der Waals surface area contributed by atoms with Gasteiger partial charge in [0.15, 0.2) is 0 Å². The van der Waals surface area contributed by atoms with Gasteiger partial charge in [-0.3, -0.25) is 14.2 Å². The number of carbonyl (C=O) groups excluding carboxylic acids is 1. The quantitative estimate of drug-likeness (QED) is 0.556. The SMILES string of the molecule is Cc1noc(C)c1CNC(=O)Cn1cnc2scc(-c3cccs3)c2c1=O. The molecule has 1 N–H and O–H groups in total. The highest BCUT2D eigenvalue weighted by Gasteiger charge is 2.16. The Balaban J connectivity index is 1.57. The predicted octanol–water partition coefficient (Wildman–Crippen LogP) is 3.11. The molecule has 0 atom stereocenters. The Bertz CT molecular complexity index is 1150. The van der Waals surface area contributed by atoms with Crippen LogP contribution in [0.2, 0.25) is 0 Å². The van der Waals surface area contributed by atoms with Crippen molar-refractivity contribution >= 4 is 38.8 Å². The number of nitrogens with zero attached hydrogens (tertiary/aromatic N) is 3. The van der Waals surface area contributed by atoms with Crippen LogP contribution in [0.5, 0.6) is 0 Å². The van der Waals surface area contributed by atoms with Crippen molar-refractivity contribution in [2.24, 2.45) is 0 Å². The van der Waals surface area contributed by atoms with Crippen LogP contribution in [-0.2, 0) is 17.9 Å². The zero-order chi connectivity index (χ0) is 19.0. The number of aryl methyl sites for hydroxylation is 2. The van der Waals surface area contributed by atoms with E-state index in [1.54, 1.807) is 18.3 Å². The Hall–Kier alpha value is -2.78. The maximum Gasteiger partial charge on any atom is 0.263 e. The minimum atomic E-state index is -0.272. The van der Waals surface area contributed by atoms with Gasteiger partial charge in [-0.25, -0.2) is 4.98 Å². The average molecular weight is 400 g/mol. The lowest BCUT2D eigenvalue weighted by Crippen LogP contribution is -2.32. The van der Waals surface area contributed by atoms with Crippen LogP contribution in [0.4, 0.5) is 0 Å². The molecular formula is C18H16N4O3S2. The molecule has 0 fully saturated rings. The van der Waals surface area contributed by atoms with Crippen molar-refractivity contribution < 1.29 is 9.32 Å². The number of rotatable bonds is 5. The van der Waals surface area contributed by atoms with E-state index in [4.69, 9.17) is 4.52 Å². The number of carbonyl (C=O) groups is 1. The third kappa shape index (κ3) is 3.31. The van der Waals surface area contributed by atoms with Gasteiger partial charge in [-0.2, -0.15) is 0 Å². The van der Waals surface area contributed by atoms with E-state index in [-0.39, 0.29) is 18.0 Å². The lowest BCUT2D eigenvalue weighted by Gasteiger charge is -2.07. The van der Waals surface area contributed by atoms with Crippen LogP contribution in [0.3, 0.4) is 0 Å². The molecule has 1 amide bonds.